The molecular weight excluding hydrogens is 723 g/mol. The van der Waals surface area contributed by atoms with Crippen LogP contribution in [0.5, 0.6) is 0 Å². The van der Waals surface area contributed by atoms with E-state index >= 15 is 0 Å². The summed E-state index contributed by atoms with van der Waals surface area (Å²) in [6.45, 7) is 9.55. The molecule has 0 aliphatic rings. The second-order valence-corrected chi connectivity index (χ2v) is 17.4. The fraction of sp³-hybridized carbons (Fsp3) is 0.960. The molecule has 8 heteroatoms. The van der Waals surface area contributed by atoms with E-state index in [-0.39, 0.29) is 18.6 Å². The van der Waals surface area contributed by atoms with Gasteiger partial charge < -0.3 is 30.6 Å². The van der Waals surface area contributed by atoms with Gasteiger partial charge in [0.2, 0.25) is 5.91 Å². The predicted octanol–water partition coefficient (Wildman–Crippen LogP) is 14.1. The smallest absolute Gasteiger partial charge is 0.407 e. The van der Waals surface area contributed by atoms with E-state index in [4.69, 9.17) is 19.9 Å². The molecule has 4 N–H and O–H groups in total. The first-order valence-electron chi connectivity index (χ1n) is 25.7. The van der Waals surface area contributed by atoms with Crippen LogP contribution in [0, 0.1) is 0 Å². The fourth-order valence-corrected chi connectivity index (χ4v) is 7.69. The van der Waals surface area contributed by atoms with Gasteiger partial charge in [0.15, 0.2) is 0 Å². The summed E-state index contributed by atoms with van der Waals surface area (Å²) < 4.78 is 17.8. The third kappa shape index (κ3) is 42.7. The molecule has 2 atom stereocenters. The van der Waals surface area contributed by atoms with Crippen molar-refractivity contribution in [1.82, 2.24) is 10.6 Å². The summed E-state index contributed by atoms with van der Waals surface area (Å²) in [6, 6.07) is -0.711. The number of carbonyl (C=O) groups excluding carboxylic acids is 2. The van der Waals surface area contributed by atoms with E-state index in [0.29, 0.717) is 39.3 Å². The molecule has 0 saturated carbocycles. The average Bonchev–Trinajstić information content (AvgIpc) is 3.22. The monoisotopic (exact) mass is 824 g/mol. The van der Waals surface area contributed by atoms with Crippen molar-refractivity contribution >= 4 is 12.0 Å². The van der Waals surface area contributed by atoms with Gasteiger partial charge in [0.05, 0.1) is 6.61 Å². The molecule has 8 nitrogen and oxygen atoms in total. The summed E-state index contributed by atoms with van der Waals surface area (Å²) in [5.41, 5.74) is 5.82. The SMILES string of the molecule is CCCCCCCCCCCCCCNC(=O)C(CCN)NC(=O)OCC(COCCCCCCCCCCCCCC)OCCCCCCCCCCCCCC. The Morgan fingerprint density at radius 1 is 0.466 bits per heavy atom. The van der Waals surface area contributed by atoms with E-state index in [1.807, 2.05) is 0 Å². The lowest BCUT2D eigenvalue weighted by molar-refractivity contribution is -0.123. The molecule has 0 aromatic rings. The van der Waals surface area contributed by atoms with E-state index in [1.54, 1.807) is 0 Å². The summed E-state index contributed by atoms with van der Waals surface area (Å²) in [4.78, 5) is 25.8. The van der Waals surface area contributed by atoms with E-state index in [2.05, 4.69) is 31.4 Å². The molecule has 0 heterocycles. The lowest BCUT2D eigenvalue weighted by atomic mass is 10.1. The van der Waals surface area contributed by atoms with E-state index in [9.17, 15) is 9.59 Å². The standard InChI is InChI=1S/C50H101N3O5/c1-4-7-10-13-16-19-22-25-28-31-34-37-42-52-49(54)48(40-41-51)53-50(55)58-46-47(57-44-39-36-33-30-27-24-21-18-15-12-9-6-3)45-56-43-38-35-32-29-26-23-20-17-14-11-8-5-2/h47-48H,4-46,51H2,1-3H3,(H,52,54)(H,53,55). The van der Waals surface area contributed by atoms with Crippen molar-refractivity contribution in [3.63, 3.8) is 0 Å². The molecule has 0 spiro atoms. The quantitative estimate of drug-likeness (QED) is 0.0527. The lowest BCUT2D eigenvalue weighted by Crippen LogP contribution is -2.48. The van der Waals surface area contributed by atoms with E-state index < -0.39 is 12.1 Å². The molecule has 2 unspecified atom stereocenters. The number of carbonyl (C=O) groups is 2. The number of ether oxygens (including phenoxy) is 3. The first-order chi connectivity index (χ1) is 28.6. The van der Waals surface area contributed by atoms with Gasteiger partial charge in [-0.3, -0.25) is 4.79 Å². The van der Waals surface area contributed by atoms with Gasteiger partial charge in [0.25, 0.3) is 0 Å². The van der Waals surface area contributed by atoms with Crippen LogP contribution in [-0.4, -0.2) is 63.7 Å². The van der Waals surface area contributed by atoms with Gasteiger partial charge >= 0.3 is 6.09 Å². The molecule has 0 fully saturated rings. The molecule has 0 saturated heterocycles. The van der Waals surface area contributed by atoms with Crippen molar-refractivity contribution in [3.8, 4) is 0 Å². The van der Waals surface area contributed by atoms with Crippen molar-refractivity contribution < 1.29 is 23.8 Å². The molecule has 0 aliphatic carbocycles. The van der Waals surface area contributed by atoms with Crippen LogP contribution in [0.1, 0.15) is 258 Å². The van der Waals surface area contributed by atoms with Gasteiger partial charge in [-0.25, -0.2) is 4.79 Å². The van der Waals surface area contributed by atoms with Crippen molar-refractivity contribution in [2.75, 3.05) is 39.5 Å². The number of unbranched alkanes of at least 4 members (excludes halogenated alkanes) is 33. The normalized spacial score (nSPS) is 12.5. The molecule has 0 aliphatic heterocycles. The number of amides is 2. The van der Waals surface area contributed by atoms with Gasteiger partial charge in [-0.1, -0.05) is 233 Å². The summed E-state index contributed by atoms with van der Waals surface area (Å²) in [7, 11) is 0. The maximum absolute atomic E-state index is 12.9. The maximum Gasteiger partial charge on any atom is 0.407 e. The van der Waals surface area contributed by atoms with Crippen LogP contribution in [0.2, 0.25) is 0 Å². The number of alkyl carbamates (subject to hydrolysis) is 1. The number of hydrogen-bond donors (Lipinski definition) is 3. The van der Waals surface area contributed by atoms with Gasteiger partial charge in [0.1, 0.15) is 18.8 Å². The van der Waals surface area contributed by atoms with Gasteiger partial charge in [-0.15, -0.1) is 0 Å². The van der Waals surface area contributed by atoms with Gasteiger partial charge in [0, 0.05) is 19.8 Å². The third-order valence-electron chi connectivity index (χ3n) is 11.6. The molecule has 0 radical (unpaired) electrons. The van der Waals surface area contributed by atoms with E-state index in [0.717, 1.165) is 32.1 Å². The molecule has 0 rings (SSSR count). The largest absolute Gasteiger partial charge is 0.447 e. The predicted molar refractivity (Wildman–Crippen MR) is 249 cm³/mol. The molecule has 0 aromatic heterocycles. The highest BCUT2D eigenvalue weighted by Gasteiger charge is 2.21. The first kappa shape index (κ1) is 56.6. The van der Waals surface area contributed by atoms with Crippen molar-refractivity contribution in [3.05, 3.63) is 0 Å². The zero-order valence-corrected chi connectivity index (χ0v) is 39.2. The minimum atomic E-state index is -0.711. The number of hydrogen-bond acceptors (Lipinski definition) is 6. The second kappa shape index (κ2) is 48.3. The average molecular weight is 824 g/mol. The highest BCUT2D eigenvalue weighted by molar-refractivity contribution is 5.85. The van der Waals surface area contributed by atoms with Crippen molar-refractivity contribution in [2.24, 2.45) is 5.73 Å². The summed E-state index contributed by atoms with van der Waals surface area (Å²) in [6.07, 6.45) is 46.1. The summed E-state index contributed by atoms with van der Waals surface area (Å²) >= 11 is 0. The molecule has 58 heavy (non-hydrogen) atoms. The third-order valence-corrected chi connectivity index (χ3v) is 11.6. The Bertz CT molecular complexity index is 831. The Morgan fingerprint density at radius 3 is 1.22 bits per heavy atom. The Morgan fingerprint density at radius 2 is 0.828 bits per heavy atom. The van der Waals surface area contributed by atoms with Gasteiger partial charge in [-0.2, -0.15) is 0 Å². The fourth-order valence-electron chi connectivity index (χ4n) is 7.69. The van der Waals surface area contributed by atoms with Crippen LogP contribution >= 0.6 is 0 Å². The number of nitrogens with two attached hydrogens (primary N) is 1. The minimum absolute atomic E-state index is 0.0956. The molecule has 0 bridgehead atoms. The Balaban J connectivity index is 4.44. The van der Waals surface area contributed by atoms with Crippen molar-refractivity contribution in [2.45, 2.75) is 270 Å². The topological polar surface area (TPSA) is 112 Å². The first-order valence-corrected chi connectivity index (χ1v) is 25.7. The Hall–Kier alpha value is -1.38. The van der Waals surface area contributed by atoms with Gasteiger partial charge in [-0.05, 0) is 32.2 Å². The second-order valence-electron chi connectivity index (χ2n) is 17.4. The van der Waals surface area contributed by atoms with Crippen LogP contribution in [-0.2, 0) is 19.0 Å². The molecule has 0 aromatic carbocycles. The van der Waals surface area contributed by atoms with Crippen LogP contribution in [0.3, 0.4) is 0 Å². The number of nitrogens with one attached hydrogen (secondary N) is 2. The molecule has 346 valence electrons. The zero-order valence-electron chi connectivity index (χ0n) is 39.2. The molecular formula is C50H101N3O5. The number of rotatable bonds is 48. The Kier molecular flexibility index (Phi) is 47.1. The highest BCUT2D eigenvalue weighted by Crippen LogP contribution is 2.15. The van der Waals surface area contributed by atoms with Crippen LogP contribution in [0.15, 0.2) is 0 Å². The van der Waals surface area contributed by atoms with Crippen molar-refractivity contribution in [1.29, 1.82) is 0 Å². The summed E-state index contributed by atoms with van der Waals surface area (Å²) in [5.74, 6) is -0.198. The Labute approximate surface area is 361 Å². The highest BCUT2D eigenvalue weighted by atomic mass is 16.6. The zero-order chi connectivity index (χ0) is 42.3. The van der Waals surface area contributed by atoms with Crippen LogP contribution in [0.4, 0.5) is 4.79 Å². The van der Waals surface area contributed by atoms with Crippen LogP contribution < -0.4 is 16.4 Å². The van der Waals surface area contributed by atoms with Crippen LogP contribution in [0.25, 0.3) is 0 Å². The minimum Gasteiger partial charge on any atom is -0.447 e. The van der Waals surface area contributed by atoms with E-state index in [1.165, 1.54) is 199 Å². The lowest BCUT2D eigenvalue weighted by Gasteiger charge is -2.21. The summed E-state index contributed by atoms with van der Waals surface area (Å²) in [5, 5.41) is 5.76. The maximum atomic E-state index is 12.9. The molecule has 2 amide bonds.